The Kier molecular flexibility index (Phi) is 5.50. The van der Waals surface area contributed by atoms with Gasteiger partial charge < -0.3 is 5.32 Å². The molecule has 1 N–H and O–H groups in total. The van der Waals surface area contributed by atoms with Crippen LogP contribution in [0.5, 0.6) is 0 Å². The molecule has 0 fully saturated rings. The van der Waals surface area contributed by atoms with Crippen molar-refractivity contribution in [1.29, 1.82) is 5.26 Å². The van der Waals surface area contributed by atoms with E-state index in [0.717, 1.165) is 18.2 Å². The average Bonchev–Trinajstić information content (AvgIpc) is 2.56. The van der Waals surface area contributed by atoms with Gasteiger partial charge in [-0.25, -0.2) is 0 Å². The van der Waals surface area contributed by atoms with Crippen molar-refractivity contribution in [3.05, 3.63) is 69.8 Å². The summed E-state index contributed by atoms with van der Waals surface area (Å²) >= 11 is 5.96. The van der Waals surface area contributed by atoms with Gasteiger partial charge in [-0.2, -0.15) is 18.4 Å². The van der Waals surface area contributed by atoms with Crippen molar-refractivity contribution in [1.82, 2.24) is 0 Å². The van der Waals surface area contributed by atoms with E-state index >= 15 is 0 Å². The van der Waals surface area contributed by atoms with Gasteiger partial charge in [-0.3, -0.25) is 4.79 Å². The first-order chi connectivity index (χ1) is 11.7. The van der Waals surface area contributed by atoms with Crippen LogP contribution in [0.15, 0.2) is 48.0 Å². The maximum absolute atomic E-state index is 12.7. The van der Waals surface area contributed by atoms with Gasteiger partial charge >= 0.3 is 6.18 Å². The monoisotopic (exact) mass is 364 g/mol. The van der Waals surface area contributed by atoms with Crippen LogP contribution in [-0.2, 0) is 11.0 Å². The van der Waals surface area contributed by atoms with Crippen LogP contribution < -0.4 is 5.32 Å². The lowest BCUT2D eigenvalue weighted by Gasteiger charge is -2.09. The van der Waals surface area contributed by atoms with Gasteiger partial charge in [0.15, 0.2) is 0 Å². The van der Waals surface area contributed by atoms with Gasteiger partial charge in [-0.15, -0.1) is 0 Å². The van der Waals surface area contributed by atoms with E-state index in [2.05, 4.69) is 5.32 Å². The second kappa shape index (κ2) is 7.41. The fourth-order valence-electron chi connectivity index (χ4n) is 2.05. The Morgan fingerprint density at radius 2 is 1.92 bits per heavy atom. The molecule has 0 spiro atoms. The molecule has 0 atom stereocenters. The van der Waals surface area contributed by atoms with Gasteiger partial charge in [0.1, 0.15) is 11.6 Å². The SMILES string of the molecule is Cc1c(Cl)cccc1NC(=O)/C(C#N)=C/c1cccc(C(F)(F)F)c1. The first-order valence-corrected chi connectivity index (χ1v) is 7.45. The Morgan fingerprint density at radius 1 is 1.24 bits per heavy atom. The summed E-state index contributed by atoms with van der Waals surface area (Å²) < 4.78 is 38.2. The fraction of sp³-hybridized carbons (Fsp3) is 0.111. The summed E-state index contributed by atoms with van der Waals surface area (Å²) in [6.07, 6.45) is -3.40. The van der Waals surface area contributed by atoms with Crippen molar-refractivity contribution in [2.24, 2.45) is 0 Å². The molecule has 25 heavy (non-hydrogen) atoms. The van der Waals surface area contributed by atoms with Crippen LogP contribution in [0, 0.1) is 18.3 Å². The molecule has 2 rings (SSSR count). The van der Waals surface area contributed by atoms with Crippen LogP contribution in [-0.4, -0.2) is 5.91 Å². The third-order valence-corrected chi connectivity index (χ3v) is 3.82. The molecule has 128 valence electrons. The number of hydrogen-bond acceptors (Lipinski definition) is 2. The number of nitriles is 1. The number of amides is 1. The summed E-state index contributed by atoms with van der Waals surface area (Å²) in [7, 11) is 0. The lowest BCUT2D eigenvalue weighted by Crippen LogP contribution is -2.14. The summed E-state index contributed by atoms with van der Waals surface area (Å²) in [6, 6.07) is 11.0. The van der Waals surface area contributed by atoms with E-state index < -0.39 is 17.6 Å². The van der Waals surface area contributed by atoms with Gasteiger partial charge in [-0.1, -0.05) is 29.8 Å². The van der Waals surface area contributed by atoms with Gasteiger partial charge in [0, 0.05) is 10.7 Å². The second-order valence-corrected chi connectivity index (χ2v) is 5.57. The zero-order valence-corrected chi connectivity index (χ0v) is 13.7. The summed E-state index contributed by atoms with van der Waals surface area (Å²) in [5.74, 6) is -0.731. The molecule has 0 bridgehead atoms. The van der Waals surface area contributed by atoms with Gasteiger partial charge in [0.05, 0.1) is 5.56 Å². The van der Waals surface area contributed by atoms with Crippen LogP contribution in [0.1, 0.15) is 16.7 Å². The van der Waals surface area contributed by atoms with Crippen molar-refractivity contribution in [2.45, 2.75) is 13.1 Å². The van der Waals surface area contributed by atoms with Crippen molar-refractivity contribution in [2.75, 3.05) is 5.32 Å². The van der Waals surface area contributed by atoms with Crippen LogP contribution in [0.4, 0.5) is 18.9 Å². The Hall–Kier alpha value is -2.78. The predicted molar refractivity (Wildman–Crippen MR) is 89.9 cm³/mol. The number of benzene rings is 2. The number of nitrogens with zero attached hydrogens (tertiary/aromatic N) is 1. The first-order valence-electron chi connectivity index (χ1n) is 7.08. The van der Waals surface area contributed by atoms with Gasteiger partial charge in [0.25, 0.3) is 5.91 Å². The normalized spacial score (nSPS) is 11.8. The highest BCUT2D eigenvalue weighted by Gasteiger charge is 2.30. The molecule has 0 radical (unpaired) electrons. The number of hydrogen-bond donors (Lipinski definition) is 1. The van der Waals surface area contributed by atoms with Gasteiger partial charge in [0.2, 0.25) is 0 Å². The lowest BCUT2D eigenvalue weighted by molar-refractivity contribution is -0.137. The van der Waals surface area contributed by atoms with E-state index in [1.54, 1.807) is 31.2 Å². The molecule has 0 heterocycles. The minimum absolute atomic E-state index is 0.101. The number of nitrogens with one attached hydrogen (secondary N) is 1. The molecule has 7 heteroatoms. The number of rotatable bonds is 3. The van der Waals surface area contributed by atoms with E-state index in [1.165, 1.54) is 12.1 Å². The molecule has 0 aromatic heterocycles. The summed E-state index contributed by atoms with van der Waals surface area (Å²) in [5, 5.41) is 12.1. The van der Waals surface area contributed by atoms with Crippen LogP contribution in [0.25, 0.3) is 6.08 Å². The molecule has 0 aliphatic carbocycles. The quantitative estimate of drug-likeness (QED) is 0.600. The van der Waals surface area contributed by atoms with E-state index in [-0.39, 0.29) is 11.1 Å². The van der Waals surface area contributed by atoms with Crippen LogP contribution in [0.2, 0.25) is 5.02 Å². The minimum atomic E-state index is -4.50. The topological polar surface area (TPSA) is 52.9 Å². The Balaban J connectivity index is 2.30. The summed E-state index contributed by atoms with van der Waals surface area (Å²) in [5.41, 5.74) is -0.0377. The van der Waals surface area contributed by atoms with E-state index in [0.29, 0.717) is 16.3 Å². The van der Waals surface area contributed by atoms with Crippen molar-refractivity contribution < 1.29 is 18.0 Å². The summed E-state index contributed by atoms with van der Waals surface area (Å²) in [4.78, 5) is 12.2. The smallest absolute Gasteiger partial charge is 0.321 e. The Bertz CT molecular complexity index is 883. The molecule has 0 unspecified atom stereocenters. The zero-order valence-electron chi connectivity index (χ0n) is 13.0. The molecule has 0 aliphatic rings. The number of carbonyl (C=O) groups is 1. The maximum atomic E-state index is 12.7. The predicted octanol–water partition coefficient (Wildman–Crippen LogP) is 5.21. The molecule has 2 aromatic rings. The van der Waals surface area contributed by atoms with E-state index in [4.69, 9.17) is 16.9 Å². The number of alkyl halides is 3. The minimum Gasteiger partial charge on any atom is -0.321 e. The zero-order chi connectivity index (χ0) is 18.6. The lowest BCUT2D eigenvalue weighted by atomic mass is 10.1. The molecule has 0 aliphatic heterocycles. The second-order valence-electron chi connectivity index (χ2n) is 5.16. The van der Waals surface area contributed by atoms with Crippen molar-refractivity contribution in [3.8, 4) is 6.07 Å². The van der Waals surface area contributed by atoms with Crippen LogP contribution >= 0.6 is 11.6 Å². The van der Waals surface area contributed by atoms with Crippen LogP contribution in [0.3, 0.4) is 0 Å². The fourth-order valence-corrected chi connectivity index (χ4v) is 2.23. The Morgan fingerprint density at radius 3 is 2.56 bits per heavy atom. The standard InChI is InChI=1S/C18H12ClF3N2O/c1-11-15(19)6-3-7-16(11)24-17(25)13(10-23)8-12-4-2-5-14(9-12)18(20,21)22/h2-9H,1H3,(H,24,25)/b13-8+. The Labute approximate surface area is 147 Å². The molecule has 0 saturated heterocycles. The number of anilines is 1. The third kappa shape index (κ3) is 4.61. The highest BCUT2D eigenvalue weighted by Crippen LogP contribution is 2.30. The molecule has 2 aromatic carbocycles. The average molecular weight is 365 g/mol. The van der Waals surface area contributed by atoms with Gasteiger partial charge in [-0.05, 0) is 48.4 Å². The first kappa shape index (κ1) is 18.6. The largest absolute Gasteiger partial charge is 0.416 e. The van der Waals surface area contributed by atoms with E-state index in [1.807, 2.05) is 0 Å². The van der Waals surface area contributed by atoms with Crippen molar-refractivity contribution >= 4 is 29.3 Å². The third-order valence-electron chi connectivity index (χ3n) is 3.41. The molecule has 1 amide bonds. The van der Waals surface area contributed by atoms with Crippen molar-refractivity contribution in [3.63, 3.8) is 0 Å². The highest BCUT2D eigenvalue weighted by atomic mass is 35.5. The molecule has 0 saturated carbocycles. The molecular formula is C18H12ClF3N2O. The number of carbonyl (C=O) groups excluding carboxylic acids is 1. The summed E-state index contributed by atoms with van der Waals surface area (Å²) in [6.45, 7) is 1.69. The molecular weight excluding hydrogens is 353 g/mol. The highest BCUT2D eigenvalue weighted by molar-refractivity contribution is 6.31. The number of halogens is 4. The maximum Gasteiger partial charge on any atom is 0.416 e. The molecule has 3 nitrogen and oxygen atoms in total. The van der Waals surface area contributed by atoms with E-state index in [9.17, 15) is 18.0 Å².